The van der Waals surface area contributed by atoms with Crippen LogP contribution in [-0.4, -0.2) is 77.2 Å². The van der Waals surface area contributed by atoms with E-state index in [1.54, 1.807) is 10.8 Å². The molecule has 21 heavy (non-hydrogen) atoms. The monoisotopic (exact) mass is 306 g/mol. The number of aromatic nitrogens is 4. The zero-order valence-corrected chi connectivity index (χ0v) is 11.3. The normalized spacial score (nSPS) is 11.0. The van der Waals surface area contributed by atoms with Gasteiger partial charge in [0, 0.05) is 18.0 Å². The Hall–Kier alpha value is -1.05. The third-order valence-electron chi connectivity index (χ3n) is 3.26. The van der Waals surface area contributed by atoms with E-state index in [0.29, 0.717) is 0 Å². The number of allylic oxidation sites excluding steroid dienone is 1. The number of fused-ring (bicyclic) bond motifs is 1. The number of hydrogen-bond donors (Lipinski definition) is 0. The first-order valence-electron chi connectivity index (χ1n) is 6.31. The number of hydrogen-bond acceptors (Lipinski definition) is 3. The Bertz CT molecular complexity index is 816. The van der Waals surface area contributed by atoms with Gasteiger partial charge in [0.2, 0.25) is 0 Å². The molecule has 0 aliphatic carbocycles. The number of nitrogens with zero attached hydrogens (tertiary/aromatic N) is 4. The number of aryl methyl sites for hydroxylation is 2. The van der Waals surface area contributed by atoms with E-state index in [9.17, 15) is 4.79 Å². The summed E-state index contributed by atoms with van der Waals surface area (Å²) in [5.74, 6) is 0.849. The van der Waals surface area contributed by atoms with Crippen molar-refractivity contribution in [3.63, 3.8) is 0 Å². The summed E-state index contributed by atoms with van der Waals surface area (Å²) < 4.78 is 3.62. The van der Waals surface area contributed by atoms with E-state index in [1.165, 1.54) is 6.08 Å². The molecule has 0 aliphatic heterocycles. The molecule has 0 saturated heterocycles. The Labute approximate surface area is 165 Å². The minimum atomic E-state index is 0. The van der Waals surface area contributed by atoms with Crippen molar-refractivity contribution in [3.8, 4) is 5.82 Å². The fraction of sp³-hybridized carbons (Fsp3) is 0.133. The molecule has 102 valence electrons. The van der Waals surface area contributed by atoms with E-state index in [4.69, 9.17) is 0 Å². The zero-order valence-electron chi connectivity index (χ0n) is 11.3. The van der Waals surface area contributed by atoms with Gasteiger partial charge in [0.05, 0.1) is 17.4 Å². The molecule has 1 aromatic carbocycles. The van der Waals surface area contributed by atoms with Gasteiger partial charge in [-0.05, 0) is 25.1 Å². The summed E-state index contributed by atoms with van der Waals surface area (Å²) in [6, 6.07) is 7.99. The number of rotatable bonds is 3. The van der Waals surface area contributed by atoms with Crippen molar-refractivity contribution in [2.45, 2.75) is 6.92 Å². The maximum absolute atomic E-state index is 10.6. The van der Waals surface area contributed by atoms with Crippen LogP contribution >= 0.6 is 0 Å². The van der Waals surface area contributed by atoms with Crippen molar-refractivity contribution in [2.24, 2.45) is 7.05 Å². The molecular weight excluding hydrogens is 291 g/mol. The summed E-state index contributed by atoms with van der Waals surface area (Å²) in [6.45, 7) is 1.92. The Balaban J connectivity index is 0.00000161. The number of carbonyl (C=O) groups excluding carboxylic acids is 1. The van der Waals surface area contributed by atoms with Crippen LogP contribution in [0.3, 0.4) is 0 Å². The Kier molecular flexibility index (Phi) is 5.29. The summed E-state index contributed by atoms with van der Waals surface area (Å²) in [7, 11) is 1.87. The van der Waals surface area contributed by atoms with Crippen LogP contribution in [0.15, 0.2) is 36.5 Å². The predicted molar refractivity (Wildman–Crippen MR) is 84.8 cm³/mol. The van der Waals surface area contributed by atoms with Gasteiger partial charge >= 0.3 is 51.4 Å². The summed E-state index contributed by atoms with van der Waals surface area (Å²) in [5, 5.41) is 9.92. The third kappa shape index (κ3) is 2.95. The van der Waals surface area contributed by atoms with Crippen LogP contribution in [0.5, 0.6) is 0 Å². The van der Waals surface area contributed by atoms with E-state index in [2.05, 4.69) is 10.2 Å². The number of aldehydes is 1. The Morgan fingerprint density at radius 3 is 2.76 bits per heavy atom. The molecule has 0 atom stereocenters. The van der Waals surface area contributed by atoms with Gasteiger partial charge in [0.1, 0.15) is 6.29 Å². The predicted octanol–water partition coefficient (Wildman–Crippen LogP) is 1.63. The molecule has 0 fully saturated rings. The van der Waals surface area contributed by atoms with Gasteiger partial charge in [-0.2, -0.15) is 10.2 Å². The molecule has 0 amide bonds. The van der Waals surface area contributed by atoms with Crippen molar-refractivity contribution >= 4 is 74.6 Å². The fourth-order valence-corrected chi connectivity index (χ4v) is 2.38. The average molecular weight is 306 g/mol. The van der Waals surface area contributed by atoms with E-state index in [0.717, 1.165) is 34.3 Å². The molecule has 0 aliphatic rings. The van der Waals surface area contributed by atoms with Crippen LogP contribution in [-0.2, 0) is 11.8 Å². The molecule has 0 unspecified atom stereocenters. The van der Waals surface area contributed by atoms with Crippen molar-refractivity contribution in [1.29, 1.82) is 0 Å². The molecule has 6 heteroatoms. The van der Waals surface area contributed by atoms with Crippen LogP contribution < -0.4 is 0 Å². The van der Waals surface area contributed by atoms with Gasteiger partial charge in [-0.25, -0.2) is 4.68 Å². The van der Waals surface area contributed by atoms with Crippen molar-refractivity contribution in [2.75, 3.05) is 0 Å². The molecule has 0 radical (unpaired) electrons. The SMILES string of the molecule is Cc1nn(C)c(-n2ncc3ccccc32)c1/C=C/C=O.[KH]. The molecule has 3 aromatic rings. The molecule has 3 rings (SSSR count). The second kappa shape index (κ2) is 6.80. The topological polar surface area (TPSA) is 52.7 Å². The van der Waals surface area contributed by atoms with E-state index < -0.39 is 0 Å². The van der Waals surface area contributed by atoms with Crippen molar-refractivity contribution in [3.05, 3.63) is 47.8 Å². The molecular formula is C15H15KN4O. The molecule has 0 spiro atoms. The van der Waals surface area contributed by atoms with Gasteiger partial charge in [0.25, 0.3) is 0 Å². The second-order valence-corrected chi connectivity index (χ2v) is 4.56. The quantitative estimate of drug-likeness (QED) is 0.420. The average Bonchev–Trinajstić information content (AvgIpc) is 2.97. The molecule has 2 aromatic heterocycles. The first kappa shape index (κ1) is 16.3. The van der Waals surface area contributed by atoms with Crippen LogP contribution in [0.1, 0.15) is 11.3 Å². The minimum absolute atomic E-state index is 0. The summed E-state index contributed by atoms with van der Waals surface area (Å²) >= 11 is 0. The first-order valence-corrected chi connectivity index (χ1v) is 6.31. The van der Waals surface area contributed by atoms with Crippen LogP contribution in [0.4, 0.5) is 0 Å². The molecule has 0 N–H and O–H groups in total. The van der Waals surface area contributed by atoms with Crippen LogP contribution in [0.25, 0.3) is 22.8 Å². The van der Waals surface area contributed by atoms with Gasteiger partial charge in [-0.1, -0.05) is 18.2 Å². The third-order valence-corrected chi connectivity index (χ3v) is 3.26. The molecule has 0 bridgehead atoms. The van der Waals surface area contributed by atoms with Gasteiger partial charge in [-0.15, -0.1) is 0 Å². The summed E-state index contributed by atoms with van der Waals surface area (Å²) in [4.78, 5) is 10.6. The number of para-hydroxylation sites is 1. The summed E-state index contributed by atoms with van der Waals surface area (Å²) in [6.07, 6.45) is 5.82. The van der Waals surface area contributed by atoms with Gasteiger partial charge in [0.15, 0.2) is 5.82 Å². The summed E-state index contributed by atoms with van der Waals surface area (Å²) in [5.41, 5.74) is 2.77. The Morgan fingerprint density at radius 2 is 2.00 bits per heavy atom. The fourth-order valence-electron chi connectivity index (χ4n) is 2.38. The van der Waals surface area contributed by atoms with Crippen molar-refractivity contribution in [1.82, 2.24) is 19.6 Å². The standard InChI is InChI=1S/C15H14N4O.K.H/c1-11-13(7-5-9-20)15(18(2)17-11)19-14-8-4-3-6-12(14)10-16-19;;/h3-10H,1-2H3;;/b7-5+;;. The van der Waals surface area contributed by atoms with Crippen molar-refractivity contribution < 1.29 is 4.79 Å². The molecule has 5 nitrogen and oxygen atoms in total. The maximum atomic E-state index is 10.6. The zero-order chi connectivity index (χ0) is 14.1. The first-order chi connectivity index (χ1) is 9.72. The van der Waals surface area contributed by atoms with Gasteiger partial charge in [-0.3, -0.25) is 9.48 Å². The van der Waals surface area contributed by atoms with E-state index in [1.807, 2.05) is 49.1 Å². The van der Waals surface area contributed by atoms with Gasteiger partial charge < -0.3 is 0 Å². The molecule has 0 saturated carbocycles. The van der Waals surface area contributed by atoms with Crippen LogP contribution in [0, 0.1) is 6.92 Å². The van der Waals surface area contributed by atoms with E-state index in [-0.39, 0.29) is 51.4 Å². The Morgan fingerprint density at radius 1 is 1.24 bits per heavy atom. The number of benzene rings is 1. The number of carbonyl (C=O) groups is 1. The molecule has 2 heterocycles. The van der Waals surface area contributed by atoms with Crippen LogP contribution in [0.2, 0.25) is 0 Å². The van der Waals surface area contributed by atoms with E-state index >= 15 is 0 Å². The second-order valence-electron chi connectivity index (χ2n) is 4.56.